The molecular formula is C17H14BrN3O2S. The second kappa shape index (κ2) is 6.14. The fourth-order valence-electron chi connectivity index (χ4n) is 2.34. The molecule has 0 unspecified atom stereocenters. The smallest absolute Gasteiger partial charge is 0.255 e. The Labute approximate surface area is 151 Å². The Morgan fingerprint density at radius 3 is 2.79 bits per heavy atom. The molecule has 3 aromatic rings. The minimum atomic E-state index is -0.137. The number of aryl methyl sites for hydroxylation is 1. The Morgan fingerprint density at radius 1 is 1.33 bits per heavy atom. The van der Waals surface area contributed by atoms with Crippen molar-refractivity contribution in [3.63, 3.8) is 0 Å². The first-order valence-electron chi connectivity index (χ1n) is 7.61. The lowest BCUT2D eigenvalue weighted by molar-refractivity contribution is 0.102. The van der Waals surface area contributed by atoms with Crippen LogP contribution >= 0.6 is 27.3 Å². The van der Waals surface area contributed by atoms with E-state index in [-0.39, 0.29) is 5.91 Å². The molecule has 1 aromatic carbocycles. The fourth-order valence-corrected chi connectivity index (χ4v) is 3.51. The molecule has 1 N–H and O–H groups in total. The summed E-state index contributed by atoms with van der Waals surface area (Å²) in [4.78, 5) is 18.7. The highest BCUT2D eigenvalue weighted by atomic mass is 79.9. The number of anilines is 1. The Balaban J connectivity index is 1.54. The zero-order valence-corrected chi connectivity index (χ0v) is 15.3. The van der Waals surface area contributed by atoms with Crippen molar-refractivity contribution in [2.24, 2.45) is 0 Å². The third-order valence-corrected chi connectivity index (χ3v) is 5.44. The van der Waals surface area contributed by atoms with E-state index >= 15 is 0 Å². The minimum absolute atomic E-state index is 0.137. The zero-order chi connectivity index (χ0) is 16.7. The van der Waals surface area contributed by atoms with E-state index in [0.29, 0.717) is 17.3 Å². The van der Waals surface area contributed by atoms with Gasteiger partial charge in [-0.05, 0) is 50.1 Å². The molecule has 0 atom stereocenters. The first-order valence-corrected chi connectivity index (χ1v) is 9.22. The van der Waals surface area contributed by atoms with Crippen molar-refractivity contribution in [2.45, 2.75) is 25.7 Å². The molecule has 2 heterocycles. The van der Waals surface area contributed by atoms with Crippen LogP contribution in [0.5, 0.6) is 0 Å². The largest absolute Gasteiger partial charge is 0.339 e. The van der Waals surface area contributed by atoms with Crippen LogP contribution in [0.4, 0.5) is 5.69 Å². The van der Waals surface area contributed by atoms with Gasteiger partial charge in [-0.2, -0.15) is 4.98 Å². The lowest BCUT2D eigenvalue weighted by atomic mass is 10.2. The van der Waals surface area contributed by atoms with Crippen molar-refractivity contribution >= 4 is 38.9 Å². The summed E-state index contributed by atoms with van der Waals surface area (Å²) >= 11 is 4.91. The van der Waals surface area contributed by atoms with Crippen LogP contribution in [0.25, 0.3) is 10.7 Å². The number of aromatic nitrogens is 2. The molecule has 122 valence electrons. The van der Waals surface area contributed by atoms with E-state index in [1.54, 1.807) is 23.5 Å². The number of carbonyl (C=O) groups excluding carboxylic acids is 1. The van der Waals surface area contributed by atoms with E-state index in [1.165, 1.54) is 0 Å². The number of halogens is 1. The van der Waals surface area contributed by atoms with Crippen LogP contribution in [0, 0.1) is 6.92 Å². The van der Waals surface area contributed by atoms with Crippen LogP contribution in [0.2, 0.25) is 0 Å². The van der Waals surface area contributed by atoms with Crippen LogP contribution in [0.3, 0.4) is 0 Å². The Bertz CT molecular complexity index is 897. The normalized spacial score (nSPS) is 13.9. The maximum atomic E-state index is 12.4. The topological polar surface area (TPSA) is 68.0 Å². The molecular weight excluding hydrogens is 390 g/mol. The summed E-state index contributed by atoms with van der Waals surface area (Å²) in [7, 11) is 0. The third kappa shape index (κ3) is 3.14. The van der Waals surface area contributed by atoms with Crippen LogP contribution in [0.1, 0.15) is 39.9 Å². The second-order valence-corrected chi connectivity index (χ2v) is 7.94. The van der Waals surface area contributed by atoms with E-state index in [2.05, 4.69) is 31.4 Å². The van der Waals surface area contributed by atoms with Crippen molar-refractivity contribution in [3.05, 3.63) is 51.1 Å². The van der Waals surface area contributed by atoms with Crippen LogP contribution in [-0.2, 0) is 0 Å². The summed E-state index contributed by atoms with van der Waals surface area (Å²) in [6, 6.07) is 9.16. The van der Waals surface area contributed by atoms with Gasteiger partial charge in [0.25, 0.3) is 5.91 Å². The highest BCUT2D eigenvalue weighted by Gasteiger charge is 2.30. The van der Waals surface area contributed by atoms with Gasteiger partial charge in [-0.25, -0.2) is 0 Å². The Kier molecular flexibility index (Phi) is 3.97. The Hall–Kier alpha value is -1.99. The van der Waals surface area contributed by atoms with Gasteiger partial charge >= 0.3 is 0 Å². The van der Waals surface area contributed by atoms with E-state index in [1.807, 2.05) is 25.1 Å². The molecule has 1 fully saturated rings. The van der Waals surface area contributed by atoms with Crippen molar-refractivity contribution in [1.29, 1.82) is 0 Å². The molecule has 0 spiro atoms. The number of nitrogens with one attached hydrogen (secondary N) is 1. The van der Waals surface area contributed by atoms with Gasteiger partial charge in [0.15, 0.2) is 0 Å². The van der Waals surface area contributed by atoms with Crippen LogP contribution in [0.15, 0.2) is 39.3 Å². The fraction of sp³-hybridized carbons (Fsp3) is 0.235. The number of carbonyl (C=O) groups is 1. The van der Waals surface area contributed by atoms with Gasteiger partial charge in [0.2, 0.25) is 11.7 Å². The summed E-state index contributed by atoms with van der Waals surface area (Å²) < 4.78 is 6.25. The Morgan fingerprint density at radius 2 is 2.08 bits per heavy atom. The van der Waals surface area contributed by atoms with Gasteiger partial charge in [-0.1, -0.05) is 21.1 Å². The van der Waals surface area contributed by atoms with Gasteiger partial charge in [-0.3, -0.25) is 4.79 Å². The highest BCUT2D eigenvalue weighted by molar-refractivity contribution is 9.10. The molecule has 0 radical (unpaired) electrons. The quantitative estimate of drug-likeness (QED) is 0.665. The number of benzene rings is 1. The average Bonchev–Trinajstić information content (AvgIpc) is 3.19. The molecule has 1 aliphatic carbocycles. The van der Waals surface area contributed by atoms with Crippen molar-refractivity contribution < 1.29 is 9.32 Å². The lowest BCUT2D eigenvalue weighted by Crippen LogP contribution is -2.11. The van der Waals surface area contributed by atoms with Gasteiger partial charge in [0.1, 0.15) is 0 Å². The number of amides is 1. The number of rotatable bonds is 4. The number of hydrogen-bond acceptors (Lipinski definition) is 5. The van der Waals surface area contributed by atoms with E-state index < -0.39 is 0 Å². The lowest BCUT2D eigenvalue weighted by Gasteiger charge is -2.04. The maximum absolute atomic E-state index is 12.4. The molecule has 0 saturated heterocycles. The van der Waals surface area contributed by atoms with Gasteiger partial charge in [-0.15, -0.1) is 11.3 Å². The number of thiophene rings is 1. The molecule has 5 nitrogen and oxygen atoms in total. The standard InChI is InChI=1S/C17H14BrN3O2S/c1-9-13(19-16(22)10-4-6-12(18)7-5-10)8-14(24-9)15-20-17(23-21-15)11-2-3-11/h4-8,11H,2-3H2,1H3,(H,19,22). The number of nitrogens with zero attached hydrogens (tertiary/aromatic N) is 2. The van der Waals surface area contributed by atoms with Crippen molar-refractivity contribution in [1.82, 2.24) is 10.1 Å². The van der Waals surface area contributed by atoms with Gasteiger partial charge < -0.3 is 9.84 Å². The predicted octanol–water partition coefficient (Wildman–Crippen LogP) is 5.00. The first kappa shape index (κ1) is 15.5. The monoisotopic (exact) mass is 403 g/mol. The molecule has 0 aliphatic heterocycles. The summed E-state index contributed by atoms with van der Waals surface area (Å²) in [5.41, 5.74) is 1.39. The molecule has 0 bridgehead atoms. The van der Waals surface area contributed by atoms with Crippen molar-refractivity contribution in [3.8, 4) is 10.7 Å². The average molecular weight is 404 g/mol. The molecule has 1 saturated carbocycles. The molecule has 1 amide bonds. The van der Waals surface area contributed by atoms with E-state index in [4.69, 9.17) is 4.52 Å². The van der Waals surface area contributed by atoms with E-state index in [9.17, 15) is 4.79 Å². The first-order chi connectivity index (χ1) is 11.6. The summed E-state index contributed by atoms with van der Waals surface area (Å²) in [6.45, 7) is 1.97. The summed E-state index contributed by atoms with van der Waals surface area (Å²) in [5, 5.41) is 7.00. The zero-order valence-electron chi connectivity index (χ0n) is 12.9. The maximum Gasteiger partial charge on any atom is 0.255 e. The second-order valence-electron chi connectivity index (χ2n) is 5.77. The van der Waals surface area contributed by atoms with Gasteiger partial charge in [0.05, 0.1) is 10.6 Å². The molecule has 4 rings (SSSR count). The van der Waals surface area contributed by atoms with Crippen LogP contribution in [-0.4, -0.2) is 16.0 Å². The third-order valence-electron chi connectivity index (χ3n) is 3.86. The van der Waals surface area contributed by atoms with Crippen molar-refractivity contribution in [2.75, 3.05) is 5.32 Å². The van der Waals surface area contributed by atoms with E-state index in [0.717, 1.165) is 38.6 Å². The molecule has 2 aromatic heterocycles. The SMILES string of the molecule is Cc1sc(-c2noc(C3CC3)n2)cc1NC(=O)c1ccc(Br)cc1. The molecule has 7 heteroatoms. The van der Waals surface area contributed by atoms with Crippen LogP contribution < -0.4 is 5.32 Å². The molecule has 1 aliphatic rings. The van der Waals surface area contributed by atoms with Gasteiger partial charge in [0, 0.05) is 20.8 Å². The molecule has 24 heavy (non-hydrogen) atoms. The summed E-state index contributed by atoms with van der Waals surface area (Å²) in [5.74, 6) is 1.61. The summed E-state index contributed by atoms with van der Waals surface area (Å²) in [6.07, 6.45) is 2.25. The number of hydrogen-bond donors (Lipinski definition) is 1. The predicted molar refractivity (Wildman–Crippen MR) is 96.4 cm³/mol. The highest BCUT2D eigenvalue weighted by Crippen LogP contribution is 2.40. The minimum Gasteiger partial charge on any atom is -0.339 e.